The molecular formula is C14H18O2. The van der Waals surface area contributed by atoms with Gasteiger partial charge in [0, 0.05) is 0 Å². The van der Waals surface area contributed by atoms with Crippen LogP contribution in [0.1, 0.15) is 41.8 Å². The number of aryl methyl sites for hydroxylation is 1. The highest BCUT2D eigenvalue weighted by molar-refractivity contribution is 5.89. The van der Waals surface area contributed by atoms with Gasteiger partial charge in [-0.25, -0.2) is 4.79 Å². The fraction of sp³-hybridized carbons (Fsp3) is 0.500. The Labute approximate surface area is 96.6 Å². The van der Waals surface area contributed by atoms with E-state index in [2.05, 4.69) is 19.9 Å². The third-order valence-electron chi connectivity index (χ3n) is 3.37. The van der Waals surface area contributed by atoms with E-state index in [-0.39, 0.29) is 5.97 Å². The molecule has 1 aliphatic rings. The standard InChI is InChI=1S/C14H18O2/c1-14(2)7-6-10-4-5-11(13(15)16-3)8-12(10)9-14/h4-5,8H,6-7,9H2,1-3H3. The van der Waals surface area contributed by atoms with Gasteiger partial charge in [-0.05, 0) is 47.9 Å². The third kappa shape index (κ3) is 2.11. The Hall–Kier alpha value is -1.31. The average molecular weight is 218 g/mol. The minimum absolute atomic E-state index is 0.244. The average Bonchev–Trinajstić information content (AvgIpc) is 2.25. The molecule has 1 aliphatic carbocycles. The van der Waals surface area contributed by atoms with E-state index < -0.39 is 0 Å². The monoisotopic (exact) mass is 218 g/mol. The molecule has 0 aromatic heterocycles. The lowest BCUT2D eigenvalue weighted by Crippen LogP contribution is -2.22. The van der Waals surface area contributed by atoms with E-state index in [1.54, 1.807) is 0 Å². The SMILES string of the molecule is COC(=O)c1ccc2c(c1)CC(C)(C)CC2. The maximum Gasteiger partial charge on any atom is 0.337 e. The zero-order valence-electron chi connectivity index (χ0n) is 10.2. The molecule has 0 amide bonds. The van der Waals surface area contributed by atoms with Crippen LogP contribution in [0, 0.1) is 5.41 Å². The Morgan fingerprint density at radius 1 is 1.31 bits per heavy atom. The van der Waals surface area contributed by atoms with Gasteiger partial charge in [0.2, 0.25) is 0 Å². The summed E-state index contributed by atoms with van der Waals surface area (Å²) in [4.78, 5) is 11.4. The molecule has 16 heavy (non-hydrogen) atoms. The van der Waals surface area contributed by atoms with Crippen LogP contribution in [0.2, 0.25) is 0 Å². The minimum Gasteiger partial charge on any atom is -0.465 e. The number of carbonyl (C=O) groups excluding carboxylic acids is 1. The molecule has 0 N–H and O–H groups in total. The summed E-state index contributed by atoms with van der Waals surface area (Å²) in [5, 5.41) is 0. The van der Waals surface area contributed by atoms with Crippen LogP contribution in [0.15, 0.2) is 18.2 Å². The predicted molar refractivity (Wildman–Crippen MR) is 63.6 cm³/mol. The van der Waals surface area contributed by atoms with Crippen molar-refractivity contribution < 1.29 is 9.53 Å². The smallest absolute Gasteiger partial charge is 0.337 e. The Balaban J connectivity index is 2.34. The van der Waals surface area contributed by atoms with Gasteiger partial charge < -0.3 is 4.74 Å². The van der Waals surface area contributed by atoms with Crippen molar-refractivity contribution in [3.8, 4) is 0 Å². The number of ether oxygens (including phenoxy) is 1. The van der Waals surface area contributed by atoms with E-state index in [4.69, 9.17) is 4.74 Å². The van der Waals surface area contributed by atoms with E-state index in [1.807, 2.05) is 12.1 Å². The Bertz CT molecular complexity index is 419. The van der Waals surface area contributed by atoms with Crippen LogP contribution in [0.25, 0.3) is 0 Å². The van der Waals surface area contributed by atoms with E-state index in [1.165, 1.54) is 24.7 Å². The molecule has 0 aliphatic heterocycles. The van der Waals surface area contributed by atoms with E-state index in [0.717, 1.165) is 12.8 Å². The predicted octanol–water partition coefficient (Wildman–Crippen LogP) is 2.99. The van der Waals surface area contributed by atoms with Gasteiger partial charge in [0.05, 0.1) is 12.7 Å². The molecule has 0 bridgehead atoms. The summed E-state index contributed by atoms with van der Waals surface area (Å²) in [6.07, 6.45) is 3.38. The topological polar surface area (TPSA) is 26.3 Å². The zero-order valence-corrected chi connectivity index (χ0v) is 10.2. The lowest BCUT2D eigenvalue weighted by atomic mass is 9.74. The second-order valence-electron chi connectivity index (χ2n) is 5.32. The summed E-state index contributed by atoms with van der Waals surface area (Å²) in [5.74, 6) is -0.244. The Morgan fingerprint density at radius 2 is 2.06 bits per heavy atom. The van der Waals surface area contributed by atoms with Crippen molar-refractivity contribution in [1.82, 2.24) is 0 Å². The highest BCUT2D eigenvalue weighted by atomic mass is 16.5. The maximum atomic E-state index is 11.4. The molecule has 1 aromatic carbocycles. The van der Waals surface area contributed by atoms with Gasteiger partial charge in [-0.15, -0.1) is 0 Å². The van der Waals surface area contributed by atoms with Crippen molar-refractivity contribution in [3.05, 3.63) is 34.9 Å². The summed E-state index contributed by atoms with van der Waals surface area (Å²) < 4.78 is 4.74. The Morgan fingerprint density at radius 3 is 2.75 bits per heavy atom. The number of benzene rings is 1. The van der Waals surface area contributed by atoms with Crippen molar-refractivity contribution >= 4 is 5.97 Å². The van der Waals surface area contributed by atoms with Gasteiger partial charge in [-0.1, -0.05) is 19.9 Å². The normalized spacial score (nSPS) is 17.7. The highest BCUT2D eigenvalue weighted by Crippen LogP contribution is 2.34. The van der Waals surface area contributed by atoms with Crippen molar-refractivity contribution in [3.63, 3.8) is 0 Å². The molecular weight excluding hydrogens is 200 g/mol. The molecule has 0 fully saturated rings. The first-order chi connectivity index (χ1) is 7.52. The zero-order chi connectivity index (χ0) is 11.8. The molecule has 2 rings (SSSR count). The first-order valence-electron chi connectivity index (χ1n) is 5.72. The highest BCUT2D eigenvalue weighted by Gasteiger charge is 2.25. The van der Waals surface area contributed by atoms with Gasteiger partial charge in [0.15, 0.2) is 0 Å². The van der Waals surface area contributed by atoms with Crippen LogP contribution < -0.4 is 0 Å². The first kappa shape index (κ1) is 11.2. The number of methoxy groups -OCH3 is 1. The largest absolute Gasteiger partial charge is 0.465 e. The molecule has 0 atom stereocenters. The number of hydrogen-bond donors (Lipinski definition) is 0. The fourth-order valence-corrected chi connectivity index (χ4v) is 2.36. The van der Waals surface area contributed by atoms with Gasteiger partial charge in [0.1, 0.15) is 0 Å². The lowest BCUT2D eigenvalue weighted by molar-refractivity contribution is 0.0600. The van der Waals surface area contributed by atoms with E-state index >= 15 is 0 Å². The van der Waals surface area contributed by atoms with Crippen LogP contribution in [-0.2, 0) is 17.6 Å². The van der Waals surface area contributed by atoms with Crippen molar-refractivity contribution in [2.75, 3.05) is 7.11 Å². The maximum absolute atomic E-state index is 11.4. The van der Waals surface area contributed by atoms with Crippen LogP contribution in [0.5, 0.6) is 0 Å². The number of rotatable bonds is 1. The lowest BCUT2D eigenvalue weighted by Gasteiger charge is -2.31. The van der Waals surface area contributed by atoms with Gasteiger partial charge in [-0.2, -0.15) is 0 Å². The van der Waals surface area contributed by atoms with Crippen molar-refractivity contribution in [2.45, 2.75) is 33.1 Å². The van der Waals surface area contributed by atoms with Crippen molar-refractivity contribution in [2.24, 2.45) is 5.41 Å². The van der Waals surface area contributed by atoms with Crippen LogP contribution in [0.3, 0.4) is 0 Å². The molecule has 2 heteroatoms. The molecule has 1 aromatic rings. The number of hydrogen-bond acceptors (Lipinski definition) is 2. The van der Waals surface area contributed by atoms with E-state index in [0.29, 0.717) is 11.0 Å². The molecule has 0 radical (unpaired) electrons. The summed E-state index contributed by atoms with van der Waals surface area (Å²) in [6, 6.07) is 5.92. The molecule has 0 saturated heterocycles. The van der Waals surface area contributed by atoms with Crippen LogP contribution >= 0.6 is 0 Å². The number of esters is 1. The summed E-state index contributed by atoms with van der Waals surface area (Å²) in [6.45, 7) is 4.56. The molecule has 0 unspecified atom stereocenters. The fourth-order valence-electron chi connectivity index (χ4n) is 2.36. The van der Waals surface area contributed by atoms with E-state index in [9.17, 15) is 4.79 Å². The summed E-state index contributed by atoms with van der Waals surface area (Å²) in [7, 11) is 1.42. The molecule has 0 saturated carbocycles. The number of fused-ring (bicyclic) bond motifs is 1. The molecule has 0 spiro atoms. The minimum atomic E-state index is -0.244. The first-order valence-corrected chi connectivity index (χ1v) is 5.72. The number of carbonyl (C=O) groups is 1. The quantitative estimate of drug-likeness (QED) is 0.677. The van der Waals surface area contributed by atoms with Gasteiger partial charge >= 0.3 is 5.97 Å². The molecule has 0 heterocycles. The second kappa shape index (κ2) is 3.93. The van der Waals surface area contributed by atoms with Crippen molar-refractivity contribution in [1.29, 1.82) is 0 Å². The molecule has 86 valence electrons. The van der Waals surface area contributed by atoms with Gasteiger partial charge in [-0.3, -0.25) is 0 Å². The summed E-state index contributed by atoms with van der Waals surface area (Å²) in [5.41, 5.74) is 3.70. The van der Waals surface area contributed by atoms with Crippen LogP contribution in [0.4, 0.5) is 0 Å². The third-order valence-corrected chi connectivity index (χ3v) is 3.37. The molecule has 2 nitrogen and oxygen atoms in total. The summed E-state index contributed by atoms with van der Waals surface area (Å²) >= 11 is 0. The Kier molecular flexibility index (Phi) is 2.75. The van der Waals surface area contributed by atoms with Gasteiger partial charge in [0.25, 0.3) is 0 Å². The second-order valence-corrected chi connectivity index (χ2v) is 5.32. The van der Waals surface area contributed by atoms with Crippen LogP contribution in [-0.4, -0.2) is 13.1 Å².